The number of hydrogen-bond acceptors (Lipinski definition) is 12. The molecule has 1 aliphatic carbocycles. The molecule has 1 unspecified atom stereocenters. The number of ether oxygens (including phenoxy) is 5. The third-order valence-electron chi connectivity index (χ3n) is 11.9. The summed E-state index contributed by atoms with van der Waals surface area (Å²) in [5, 5.41) is 9.65. The summed E-state index contributed by atoms with van der Waals surface area (Å²) >= 11 is 6.39. The minimum atomic E-state index is -1.03. The highest BCUT2D eigenvalue weighted by Crippen LogP contribution is 2.41. The van der Waals surface area contributed by atoms with E-state index in [-0.39, 0.29) is 54.1 Å². The zero-order chi connectivity index (χ0) is 45.0. The molecule has 1 aromatic heterocycles. The molecule has 0 bridgehead atoms. The standard InChI is InChI=1S/C47H53ClFN5O10/c1-29(30-5-7-31(8-6-30)34-15-16-50-38-12-9-32(49)27-36(34)38)44(56)52-33-10-11-37(48)41(28-33)64-26-25-63-24-23-62-22-21-61-20-19-60-18-17-51-39-4-2-3-35-43(39)47(59)54(46(35)58)40-13-14-42(55)53-45(40)57/h2-4,9-12,15-16,27-31,40,51H,5-8,13-14,17-26H2,1H3,(H,52,56)(H,53,55,57)/t29-,30?,31?,40?/m1/s1. The Morgan fingerprint density at radius 1 is 0.844 bits per heavy atom. The number of halogens is 2. The topological polar surface area (TPSA) is 184 Å². The van der Waals surface area contributed by atoms with Crippen LogP contribution >= 0.6 is 11.6 Å². The van der Waals surface area contributed by atoms with Crippen molar-refractivity contribution >= 4 is 63.4 Å². The second kappa shape index (κ2) is 22.4. The van der Waals surface area contributed by atoms with Crippen molar-refractivity contribution in [2.45, 2.75) is 57.4 Å². The Morgan fingerprint density at radius 3 is 2.27 bits per heavy atom. The van der Waals surface area contributed by atoms with Crippen LogP contribution in [0.25, 0.3) is 10.9 Å². The van der Waals surface area contributed by atoms with Gasteiger partial charge in [-0.3, -0.25) is 39.2 Å². The SMILES string of the molecule is C[C@@H](C(=O)Nc1ccc(Cl)c(OCCOCCOCCOCCOCCNc2cccc3c2C(=O)N(C2CCC(=O)NC2=O)C3=O)c1)C1CCC(c2ccnc3ccc(F)cc23)CC1. The quantitative estimate of drug-likeness (QED) is 0.0574. The first-order valence-electron chi connectivity index (χ1n) is 21.8. The lowest BCUT2D eigenvalue weighted by molar-refractivity contribution is -0.136. The number of piperidine rings is 1. The Bertz CT molecular complexity index is 2330. The van der Waals surface area contributed by atoms with Gasteiger partial charge in [0.25, 0.3) is 11.8 Å². The van der Waals surface area contributed by atoms with Crippen LogP contribution in [0.2, 0.25) is 5.02 Å². The van der Waals surface area contributed by atoms with Crippen LogP contribution in [0.3, 0.4) is 0 Å². The lowest BCUT2D eigenvalue weighted by Crippen LogP contribution is -2.54. The summed E-state index contributed by atoms with van der Waals surface area (Å²) < 4.78 is 42.3. The number of benzene rings is 3. The maximum Gasteiger partial charge on any atom is 0.264 e. The highest BCUT2D eigenvalue weighted by atomic mass is 35.5. The van der Waals surface area contributed by atoms with Gasteiger partial charge in [-0.25, -0.2) is 4.39 Å². The summed E-state index contributed by atoms with van der Waals surface area (Å²) in [6.07, 6.45) is 5.59. The summed E-state index contributed by atoms with van der Waals surface area (Å²) in [4.78, 5) is 68.8. The van der Waals surface area contributed by atoms with E-state index in [1.807, 2.05) is 13.0 Å². The number of anilines is 2. The van der Waals surface area contributed by atoms with Gasteiger partial charge in [-0.1, -0.05) is 24.6 Å². The Morgan fingerprint density at radius 2 is 1.55 bits per heavy atom. The Balaban J connectivity index is 0.703. The summed E-state index contributed by atoms with van der Waals surface area (Å²) in [6.45, 7) is 5.40. The molecule has 17 heteroatoms. The van der Waals surface area contributed by atoms with E-state index in [0.29, 0.717) is 87.5 Å². The average molecular weight is 902 g/mol. The molecule has 0 spiro atoms. The Labute approximate surface area is 375 Å². The van der Waals surface area contributed by atoms with Crippen LogP contribution in [0.4, 0.5) is 15.8 Å². The molecular formula is C47H53ClFN5O10. The number of aromatic nitrogens is 1. The smallest absolute Gasteiger partial charge is 0.264 e. The Kier molecular flexibility index (Phi) is 16.3. The number of carbonyl (C=O) groups is 5. The van der Waals surface area contributed by atoms with Crippen molar-refractivity contribution in [3.8, 4) is 5.75 Å². The van der Waals surface area contributed by atoms with Gasteiger partial charge in [-0.05, 0) is 98.0 Å². The number of carbonyl (C=O) groups excluding carboxylic acids is 5. The second-order valence-corrected chi connectivity index (χ2v) is 16.4. The van der Waals surface area contributed by atoms with E-state index in [2.05, 4.69) is 20.9 Å². The highest BCUT2D eigenvalue weighted by Gasteiger charge is 2.45. The van der Waals surface area contributed by atoms with Crippen molar-refractivity contribution in [2.75, 3.05) is 76.6 Å². The summed E-state index contributed by atoms with van der Waals surface area (Å²) in [5.41, 5.74) is 3.39. The molecule has 15 nitrogen and oxygen atoms in total. The van der Waals surface area contributed by atoms with Crippen LogP contribution in [0.5, 0.6) is 5.75 Å². The van der Waals surface area contributed by atoms with E-state index < -0.39 is 29.7 Å². The molecule has 340 valence electrons. The van der Waals surface area contributed by atoms with Crippen LogP contribution in [0.15, 0.2) is 66.9 Å². The molecule has 4 aromatic rings. The van der Waals surface area contributed by atoms with E-state index in [9.17, 15) is 28.4 Å². The van der Waals surface area contributed by atoms with E-state index in [0.717, 1.165) is 47.0 Å². The molecule has 7 rings (SSSR count). The van der Waals surface area contributed by atoms with Gasteiger partial charge in [0.1, 0.15) is 24.2 Å². The van der Waals surface area contributed by atoms with E-state index in [1.165, 1.54) is 6.07 Å². The van der Waals surface area contributed by atoms with Crippen molar-refractivity contribution < 1.29 is 52.0 Å². The average Bonchev–Trinajstić information content (AvgIpc) is 3.55. The summed E-state index contributed by atoms with van der Waals surface area (Å²) in [7, 11) is 0. The van der Waals surface area contributed by atoms with E-state index >= 15 is 0 Å². The molecule has 3 heterocycles. The molecule has 64 heavy (non-hydrogen) atoms. The van der Waals surface area contributed by atoms with Gasteiger partial charge in [0, 0.05) is 47.9 Å². The lowest BCUT2D eigenvalue weighted by Gasteiger charge is -2.32. The number of pyridine rings is 1. The van der Waals surface area contributed by atoms with Crippen LogP contribution < -0.4 is 20.7 Å². The van der Waals surface area contributed by atoms with E-state index in [1.54, 1.807) is 54.7 Å². The van der Waals surface area contributed by atoms with Crippen LogP contribution in [0.1, 0.15) is 77.6 Å². The molecule has 3 aliphatic rings. The van der Waals surface area contributed by atoms with Gasteiger partial charge >= 0.3 is 0 Å². The molecular weight excluding hydrogens is 849 g/mol. The monoisotopic (exact) mass is 901 g/mol. The molecule has 1 saturated heterocycles. The Hall–Kier alpha value is -5.52. The summed E-state index contributed by atoms with van der Waals surface area (Å²) in [6, 6.07) is 15.7. The van der Waals surface area contributed by atoms with Crippen LogP contribution in [0, 0.1) is 17.7 Å². The largest absolute Gasteiger partial charge is 0.490 e. The number of nitrogens with zero attached hydrogens (tertiary/aromatic N) is 2. The van der Waals surface area contributed by atoms with Crippen molar-refractivity contribution in [1.29, 1.82) is 0 Å². The molecule has 1 saturated carbocycles. The zero-order valence-electron chi connectivity index (χ0n) is 35.7. The zero-order valence-corrected chi connectivity index (χ0v) is 36.5. The minimum Gasteiger partial charge on any atom is -0.490 e. The number of imide groups is 2. The third-order valence-corrected chi connectivity index (χ3v) is 12.2. The fraction of sp³-hybridized carbons (Fsp3) is 0.447. The van der Waals surface area contributed by atoms with Gasteiger partial charge in [-0.2, -0.15) is 0 Å². The normalized spacial score (nSPS) is 19.1. The fourth-order valence-electron chi connectivity index (χ4n) is 8.48. The molecule has 3 aromatic carbocycles. The second-order valence-electron chi connectivity index (χ2n) is 16.0. The highest BCUT2D eigenvalue weighted by molar-refractivity contribution is 6.32. The van der Waals surface area contributed by atoms with Gasteiger partial charge < -0.3 is 34.3 Å². The number of hydrogen-bond donors (Lipinski definition) is 3. The molecule has 3 N–H and O–H groups in total. The van der Waals surface area contributed by atoms with Crippen molar-refractivity contribution in [1.82, 2.24) is 15.2 Å². The number of amides is 5. The van der Waals surface area contributed by atoms with Crippen LogP contribution in [-0.2, 0) is 33.3 Å². The number of rotatable bonds is 22. The van der Waals surface area contributed by atoms with Gasteiger partial charge in [-0.15, -0.1) is 0 Å². The maximum atomic E-state index is 14.0. The van der Waals surface area contributed by atoms with Gasteiger partial charge in [0.2, 0.25) is 17.7 Å². The predicted molar refractivity (Wildman–Crippen MR) is 236 cm³/mol. The van der Waals surface area contributed by atoms with Crippen molar-refractivity contribution in [2.24, 2.45) is 11.8 Å². The van der Waals surface area contributed by atoms with Crippen LogP contribution in [-0.4, -0.2) is 111 Å². The van der Waals surface area contributed by atoms with Crippen molar-refractivity contribution in [3.63, 3.8) is 0 Å². The minimum absolute atomic E-state index is 0.0545. The first-order valence-corrected chi connectivity index (χ1v) is 22.1. The molecule has 0 radical (unpaired) electrons. The number of fused-ring (bicyclic) bond motifs is 2. The predicted octanol–water partition coefficient (Wildman–Crippen LogP) is 6.53. The van der Waals surface area contributed by atoms with Crippen molar-refractivity contribution in [3.05, 3.63) is 94.4 Å². The summed E-state index contributed by atoms with van der Waals surface area (Å²) in [5.74, 6) is -1.75. The molecule has 2 fully saturated rings. The van der Waals surface area contributed by atoms with Gasteiger partial charge in [0.05, 0.1) is 74.5 Å². The molecule has 2 atom stereocenters. The van der Waals surface area contributed by atoms with E-state index in [4.69, 9.17) is 35.3 Å². The first kappa shape index (κ1) is 46.5. The maximum absolute atomic E-state index is 14.0. The number of nitrogens with one attached hydrogen (secondary N) is 3. The molecule has 5 amide bonds. The lowest BCUT2D eigenvalue weighted by atomic mass is 9.73. The van der Waals surface area contributed by atoms with Gasteiger partial charge in [0.15, 0.2) is 0 Å². The molecule has 2 aliphatic heterocycles. The first-order chi connectivity index (χ1) is 31.1. The fourth-order valence-corrected chi connectivity index (χ4v) is 8.65. The third kappa shape index (κ3) is 11.6.